The van der Waals surface area contributed by atoms with Gasteiger partial charge in [-0.15, -0.1) is 11.3 Å². The monoisotopic (exact) mass is 349 g/mol. The van der Waals surface area contributed by atoms with Crippen molar-refractivity contribution in [3.05, 3.63) is 63.2 Å². The number of ketones is 1. The number of benzene rings is 2. The lowest BCUT2D eigenvalue weighted by atomic mass is 10.0. The maximum absolute atomic E-state index is 13.8. The average Bonchev–Trinajstić information content (AvgIpc) is 2.86. The van der Waals surface area contributed by atoms with Crippen molar-refractivity contribution in [2.45, 2.75) is 0 Å². The lowest BCUT2D eigenvalue weighted by Gasteiger charge is -2.03. The molecule has 0 saturated heterocycles. The first-order valence-electron chi connectivity index (χ1n) is 5.83. The number of nitrogen functional groups attached to an aromatic ring is 1. The van der Waals surface area contributed by atoms with Crippen LogP contribution >= 0.6 is 27.3 Å². The second kappa shape index (κ2) is 5.00. The van der Waals surface area contributed by atoms with Gasteiger partial charge in [0.25, 0.3) is 0 Å². The first-order chi connectivity index (χ1) is 9.58. The van der Waals surface area contributed by atoms with Crippen LogP contribution in [0.3, 0.4) is 0 Å². The molecule has 0 saturated carbocycles. The Kier molecular flexibility index (Phi) is 3.31. The molecule has 0 fully saturated rings. The molecule has 1 heterocycles. The van der Waals surface area contributed by atoms with Gasteiger partial charge in [-0.1, -0.05) is 12.1 Å². The molecule has 5 heteroatoms. The molecular formula is C15H9BrFNOS. The van der Waals surface area contributed by atoms with Crippen LogP contribution in [0.15, 0.2) is 46.3 Å². The van der Waals surface area contributed by atoms with Gasteiger partial charge in [0.05, 0.1) is 5.56 Å². The third-order valence-electron chi connectivity index (χ3n) is 3.03. The second-order valence-electron chi connectivity index (χ2n) is 4.33. The SMILES string of the molecule is Nc1ccc(F)c(C(=O)c2csc3c(Br)cccc23)c1. The zero-order valence-electron chi connectivity index (χ0n) is 10.2. The van der Waals surface area contributed by atoms with Gasteiger partial charge in [0, 0.05) is 31.2 Å². The highest BCUT2D eigenvalue weighted by molar-refractivity contribution is 9.10. The van der Waals surface area contributed by atoms with E-state index in [-0.39, 0.29) is 11.3 Å². The van der Waals surface area contributed by atoms with Gasteiger partial charge in [-0.3, -0.25) is 4.79 Å². The van der Waals surface area contributed by atoms with Crippen molar-refractivity contribution in [1.82, 2.24) is 0 Å². The van der Waals surface area contributed by atoms with Crippen LogP contribution in [0, 0.1) is 5.82 Å². The van der Waals surface area contributed by atoms with Crippen molar-refractivity contribution in [3.63, 3.8) is 0 Å². The first-order valence-corrected chi connectivity index (χ1v) is 7.50. The highest BCUT2D eigenvalue weighted by Crippen LogP contribution is 2.33. The van der Waals surface area contributed by atoms with Crippen LogP contribution in [-0.2, 0) is 0 Å². The number of carbonyl (C=O) groups is 1. The van der Waals surface area contributed by atoms with E-state index >= 15 is 0 Å². The van der Waals surface area contributed by atoms with Crippen LogP contribution in [0.2, 0.25) is 0 Å². The number of nitrogens with two attached hydrogens (primary N) is 1. The Balaban J connectivity index is 2.18. The minimum absolute atomic E-state index is 0.00433. The number of rotatable bonds is 2. The smallest absolute Gasteiger partial charge is 0.197 e. The molecule has 0 aliphatic rings. The number of fused-ring (bicyclic) bond motifs is 1. The van der Waals surface area contributed by atoms with Crippen molar-refractivity contribution >= 4 is 48.8 Å². The van der Waals surface area contributed by atoms with E-state index in [9.17, 15) is 9.18 Å². The van der Waals surface area contributed by atoms with Gasteiger partial charge in [0.2, 0.25) is 0 Å². The fraction of sp³-hybridized carbons (Fsp3) is 0. The summed E-state index contributed by atoms with van der Waals surface area (Å²) in [5, 5.41) is 2.57. The standard InChI is InChI=1S/C15H9BrFNOS/c16-12-3-1-2-9-11(7-20-15(9)12)14(19)10-6-8(18)4-5-13(10)17/h1-7H,18H2. The van der Waals surface area contributed by atoms with Crippen molar-refractivity contribution in [3.8, 4) is 0 Å². The van der Waals surface area contributed by atoms with E-state index < -0.39 is 5.82 Å². The van der Waals surface area contributed by atoms with Crippen LogP contribution in [0.5, 0.6) is 0 Å². The summed E-state index contributed by atoms with van der Waals surface area (Å²) in [5.74, 6) is -0.905. The molecule has 0 aliphatic heterocycles. The Hall–Kier alpha value is -1.72. The number of anilines is 1. The topological polar surface area (TPSA) is 43.1 Å². The van der Waals surface area contributed by atoms with Crippen molar-refractivity contribution in [2.75, 3.05) is 5.73 Å². The molecule has 3 aromatic rings. The zero-order chi connectivity index (χ0) is 14.3. The molecule has 2 aromatic carbocycles. The quantitative estimate of drug-likeness (QED) is 0.542. The third-order valence-corrected chi connectivity index (χ3v) is 4.98. The number of carbonyl (C=O) groups excluding carboxylic acids is 1. The molecular weight excluding hydrogens is 341 g/mol. The normalized spacial score (nSPS) is 10.9. The maximum atomic E-state index is 13.8. The molecule has 0 bridgehead atoms. The molecule has 20 heavy (non-hydrogen) atoms. The summed E-state index contributed by atoms with van der Waals surface area (Å²) in [6, 6.07) is 9.65. The predicted molar refractivity (Wildman–Crippen MR) is 83.8 cm³/mol. The van der Waals surface area contributed by atoms with Crippen molar-refractivity contribution in [2.24, 2.45) is 0 Å². The maximum Gasteiger partial charge on any atom is 0.197 e. The summed E-state index contributed by atoms with van der Waals surface area (Å²) in [4.78, 5) is 12.5. The molecule has 3 rings (SSSR count). The van der Waals surface area contributed by atoms with Crippen LogP contribution in [0.4, 0.5) is 10.1 Å². The van der Waals surface area contributed by atoms with Gasteiger partial charge < -0.3 is 5.73 Å². The molecule has 2 N–H and O–H groups in total. The highest BCUT2D eigenvalue weighted by Gasteiger charge is 2.18. The summed E-state index contributed by atoms with van der Waals surface area (Å²) in [6.45, 7) is 0. The number of hydrogen-bond acceptors (Lipinski definition) is 3. The van der Waals surface area contributed by atoms with Crippen LogP contribution in [-0.4, -0.2) is 5.78 Å². The highest BCUT2D eigenvalue weighted by atomic mass is 79.9. The van der Waals surface area contributed by atoms with Crippen LogP contribution in [0.1, 0.15) is 15.9 Å². The summed E-state index contributed by atoms with van der Waals surface area (Å²) in [7, 11) is 0. The Morgan fingerprint density at radius 1 is 1.20 bits per heavy atom. The Morgan fingerprint density at radius 3 is 2.80 bits per heavy atom. The molecule has 2 nitrogen and oxygen atoms in total. The average molecular weight is 350 g/mol. The summed E-state index contributed by atoms with van der Waals surface area (Å²) >= 11 is 4.90. The summed E-state index contributed by atoms with van der Waals surface area (Å²) in [6.07, 6.45) is 0. The molecule has 1 aromatic heterocycles. The van der Waals surface area contributed by atoms with E-state index in [4.69, 9.17) is 5.73 Å². The number of thiophene rings is 1. The van der Waals surface area contributed by atoms with E-state index in [1.165, 1.54) is 29.5 Å². The van der Waals surface area contributed by atoms with Gasteiger partial charge in [-0.25, -0.2) is 4.39 Å². The van der Waals surface area contributed by atoms with E-state index in [0.29, 0.717) is 11.3 Å². The molecule has 0 atom stereocenters. The molecule has 0 unspecified atom stereocenters. The van der Waals surface area contributed by atoms with E-state index in [2.05, 4.69) is 15.9 Å². The summed E-state index contributed by atoms with van der Waals surface area (Å²) < 4.78 is 15.7. The Bertz CT molecular complexity index is 828. The van der Waals surface area contributed by atoms with Crippen LogP contribution in [0.25, 0.3) is 10.1 Å². The Morgan fingerprint density at radius 2 is 2.00 bits per heavy atom. The zero-order valence-corrected chi connectivity index (χ0v) is 12.6. The van der Waals surface area contributed by atoms with Crippen molar-refractivity contribution < 1.29 is 9.18 Å². The lowest BCUT2D eigenvalue weighted by molar-refractivity contribution is 0.103. The lowest BCUT2D eigenvalue weighted by Crippen LogP contribution is -2.04. The molecule has 0 amide bonds. The first kappa shape index (κ1) is 13.3. The predicted octanol–water partition coefficient (Wildman–Crippen LogP) is 4.62. The molecule has 100 valence electrons. The fourth-order valence-electron chi connectivity index (χ4n) is 2.06. The van der Waals surface area contributed by atoms with Gasteiger partial charge in [-0.05, 0) is 40.2 Å². The molecule has 0 aliphatic carbocycles. The Labute approximate surface area is 127 Å². The minimum Gasteiger partial charge on any atom is -0.399 e. The number of halogens is 2. The van der Waals surface area contributed by atoms with Gasteiger partial charge in [0.1, 0.15) is 5.82 Å². The fourth-order valence-corrected chi connectivity index (χ4v) is 3.66. The van der Waals surface area contributed by atoms with Gasteiger partial charge in [0.15, 0.2) is 5.78 Å². The van der Waals surface area contributed by atoms with Crippen molar-refractivity contribution in [1.29, 1.82) is 0 Å². The van der Waals surface area contributed by atoms with Gasteiger partial charge in [-0.2, -0.15) is 0 Å². The third kappa shape index (κ3) is 2.13. The van der Waals surface area contributed by atoms with Gasteiger partial charge >= 0.3 is 0 Å². The second-order valence-corrected chi connectivity index (χ2v) is 6.07. The van der Waals surface area contributed by atoms with E-state index in [1.54, 1.807) is 5.38 Å². The number of hydrogen-bond donors (Lipinski definition) is 1. The minimum atomic E-state index is -0.557. The summed E-state index contributed by atoms with van der Waals surface area (Å²) in [5.41, 5.74) is 6.50. The molecule has 0 spiro atoms. The largest absolute Gasteiger partial charge is 0.399 e. The van der Waals surface area contributed by atoms with E-state index in [0.717, 1.165) is 14.6 Å². The van der Waals surface area contributed by atoms with E-state index in [1.807, 2.05) is 18.2 Å². The van der Waals surface area contributed by atoms with Crippen LogP contribution < -0.4 is 5.73 Å². The molecule has 0 radical (unpaired) electrons.